The van der Waals surface area contributed by atoms with Crippen LogP contribution in [-0.2, 0) is 16.6 Å². The van der Waals surface area contributed by atoms with Gasteiger partial charge in [0.2, 0.25) is 11.8 Å². The smallest absolute Gasteiger partial charge is 0.244 e. The van der Waals surface area contributed by atoms with E-state index in [1.807, 2.05) is 32.5 Å². The van der Waals surface area contributed by atoms with Gasteiger partial charge in [0.05, 0.1) is 16.6 Å². The molecule has 0 aromatic carbocycles. The Balaban J connectivity index is 1.76. The van der Waals surface area contributed by atoms with Gasteiger partial charge in [-0.1, -0.05) is 0 Å². The minimum absolute atomic E-state index is 0.0633. The van der Waals surface area contributed by atoms with E-state index in [0.717, 1.165) is 23.4 Å². The Morgan fingerprint density at radius 3 is 2.78 bits per heavy atom. The van der Waals surface area contributed by atoms with E-state index in [2.05, 4.69) is 17.3 Å². The summed E-state index contributed by atoms with van der Waals surface area (Å²) in [4.78, 5) is 26.5. The largest absolute Gasteiger partial charge is 0.348 e. The first-order valence-corrected chi connectivity index (χ1v) is 9.00. The van der Waals surface area contributed by atoms with Gasteiger partial charge >= 0.3 is 0 Å². The molecule has 0 saturated carbocycles. The molecule has 3 rings (SSSR count). The maximum absolute atomic E-state index is 12.7. The first-order chi connectivity index (χ1) is 10.7. The van der Waals surface area contributed by atoms with E-state index in [1.165, 1.54) is 0 Å². The van der Waals surface area contributed by atoms with Crippen LogP contribution >= 0.6 is 11.8 Å². The SMILES string of the molecule is Cc1nn(C)c(C)c1[C@H](C)NC(=O)[C@@H]1CS[C@]2(C)CCC(=O)N12. The summed E-state index contributed by atoms with van der Waals surface area (Å²) in [7, 11) is 1.91. The summed E-state index contributed by atoms with van der Waals surface area (Å²) < 4.78 is 1.83. The molecule has 126 valence electrons. The predicted molar refractivity (Wildman–Crippen MR) is 90.0 cm³/mol. The third-order valence-corrected chi connectivity index (χ3v) is 6.61. The van der Waals surface area contributed by atoms with Crippen LogP contribution in [0.3, 0.4) is 0 Å². The van der Waals surface area contributed by atoms with Gasteiger partial charge in [-0.2, -0.15) is 5.10 Å². The molecule has 2 saturated heterocycles. The van der Waals surface area contributed by atoms with Crippen molar-refractivity contribution >= 4 is 23.6 Å². The zero-order valence-corrected chi connectivity index (χ0v) is 15.2. The van der Waals surface area contributed by atoms with Crippen molar-refractivity contribution in [3.63, 3.8) is 0 Å². The number of fused-ring (bicyclic) bond motifs is 1. The first kappa shape index (κ1) is 16.4. The van der Waals surface area contributed by atoms with Crippen molar-refractivity contribution in [2.75, 3.05) is 5.75 Å². The maximum atomic E-state index is 12.7. The number of nitrogens with one attached hydrogen (secondary N) is 1. The van der Waals surface area contributed by atoms with Gasteiger partial charge < -0.3 is 10.2 Å². The Hall–Kier alpha value is -1.50. The zero-order chi connectivity index (χ0) is 16.9. The van der Waals surface area contributed by atoms with Crippen molar-refractivity contribution < 1.29 is 9.59 Å². The molecular weight excluding hydrogens is 312 g/mol. The van der Waals surface area contributed by atoms with E-state index in [1.54, 1.807) is 16.7 Å². The highest BCUT2D eigenvalue weighted by molar-refractivity contribution is 8.01. The van der Waals surface area contributed by atoms with Gasteiger partial charge in [-0.05, 0) is 34.1 Å². The molecule has 23 heavy (non-hydrogen) atoms. The van der Waals surface area contributed by atoms with Crippen molar-refractivity contribution in [3.05, 3.63) is 17.0 Å². The van der Waals surface area contributed by atoms with Crippen molar-refractivity contribution in [2.45, 2.75) is 57.5 Å². The average molecular weight is 336 g/mol. The van der Waals surface area contributed by atoms with E-state index in [4.69, 9.17) is 0 Å². The molecule has 2 amide bonds. The molecule has 2 aliphatic heterocycles. The molecule has 2 fully saturated rings. The molecule has 7 heteroatoms. The van der Waals surface area contributed by atoms with Crippen LogP contribution in [0.2, 0.25) is 0 Å². The Morgan fingerprint density at radius 2 is 2.17 bits per heavy atom. The third-order valence-electron chi connectivity index (χ3n) is 5.10. The Bertz CT molecular complexity index is 671. The Morgan fingerprint density at radius 1 is 1.48 bits per heavy atom. The van der Waals surface area contributed by atoms with E-state index < -0.39 is 0 Å². The van der Waals surface area contributed by atoms with Crippen molar-refractivity contribution in [1.82, 2.24) is 20.0 Å². The topological polar surface area (TPSA) is 67.2 Å². The molecule has 0 aliphatic carbocycles. The lowest BCUT2D eigenvalue weighted by Gasteiger charge is -2.30. The number of carbonyl (C=O) groups is 2. The summed E-state index contributed by atoms with van der Waals surface area (Å²) in [5, 5.41) is 7.49. The van der Waals surface area contributed by atoms with Crippen LogP contribution in [0.4, 0.5) is 0 Å². The highest BCUT2D eigenvalue weighted by atomic mass is 32.2. The van der Waals surface area contributed by atoms with Crippen molar-refractivity contribution in [3.8, 4) is 0 Å². The van der Waals surface area contributed by atoms with E-state index in [-0.39, 0.29) is 28.8 Å². The number of hydrogen-bond acceptors (Lipinski definition) is 4. The summed E-state index contributed by atoms with van der Waals surface area (Å²) >= 11 is 1.72. The fourth-order valence-corrected chi connectivity index (χ4v) is 5.24. The van der Waals surface area contributed by atoms with Gasteiger partial charge in [-0.3, -0.25) is 14.3 Å². The lowest BCUT2D eigenvalue weighted by atomic mass is 10.1. The number of carbonyl (C=O) groups excluding carboxylic acids is 2. The van der Waals surface area contributed by atoms with Crippen molar-refractivity contribution in [2.24, 2.45) is 7.05 Å². The van der Waals surface area contributed by atoms with E-state index in [9.17, 15) is 9.59 Å². The number of hydrogen-bond donors (Lipinski definition) is 1. The van der Waals surface area contributed by atoms with Crippen LogP contribution in [0.5, 0.6) is 0 Å². The second kappa shape index (κ2) is 5.54. The highest BCUT2D eigenvalue weighted by Gasteiger charge is 2.53. The summed E-state index contributed by atoms with van der Waals surface area (Å²) in [6.45, 7) is 8.00. The summed E-state index contributed by atoms with van der Waals surface area (Å²) in [6, 6.07) is -0.481. The van der Waals surface area contributed by atoms with E-state index in [0.29, 0.717) is 12.2 Å². The molecular formula is C16H24N4O2S. The fourth-order valence-electron chi connectivity index (χ4n) is 3.81. The molecule has 1 N–H and O–H groups in total. The highest BCUT2D eigenvalue weighted by Crippen LogP contribution is 2.47. The van der Waals surface area contributed by atoms with Crippen LogP contribution in [0.15, 0.2) is 0 Å². The van der Waals surface area contributed by atoms with Gasteiger partial charge in [-0.25, -0.2) is 0 Å². The molecule has 2 aliphatic rings. The summed E-state index contributed by atoms with van der Waals surface area (Å²) in [5.74, 6) is 0.705. The number of thioether (sulfide) groups is 1. The van der Waals surface area contributed by atoms with Crippen LogP contribution in [-0.4, -0.2) is 43.2 Å². The first-order valence-electron chi connectivity index (χ1n) is 8.01. The van der Waals surface area contributed by atoms with Crippen LogP contribution in [0.1, 0.15) is 49.7 Å². The van der Waals surface area contributed by atoms with Gasteiger partial charge in [0.25, 0.3) is 0 Å². The maximum Gasteiger partial charge on any atom is 0.244 e. The standard InChI is InChI=1S/C16H24N4O2S/c1-9(14-10(2)18-19(5)11(14)3)17-15(22)12-8-23-16(4)7-6-13(21)20(12)16/h9,12H,6-8H2,1-5H3,(H,17,22)/t9-,12-,16+/m0/s1. The predicted octanol–water partition coefficient (Wildman–Crippen LogP) is 1.67. The van der Waals surface area contributed by atoms with Gasteiger partial charge in [0.1, 0.15) is 6.04 Å². The number of aryl methyl sites for hydroxylation is 2. The van der Waals surface area contributed by atoms with E-state index >= 15 is 0 Å². The molecule has 0 bridgehead atoms. The molecule has 0 unspecified atom stereocenters. The number of aromatic nitrogens is 2. The quantitative estimate of drug-likeness (QED) is 0.912. The van der Waals surface area contributed by atoms with Gasteiger partial charge in [0, 0.05) is 30.5 Å². The number of nitrogens with zero attached hydrogens (tertiary/aromatic N) is 3. The molecule has 0 spiro atoms. The normalized spacial score (nSPS) is 28.1. The lowest BCUT2D eigenvalue weighted by Crippen LogP contribution is -2.50. The number of rotatable bonds is 3. The van der Waals surface area contributed by atoms with Crippen molar-refractivity contribution in [1.29, 1.82) is 0 Å². The second-order valence-corrected chi connectivity index (χ2v) is 8.21. The molecule has 0 radical (unpaired) electrons. The Labute approximate surface area is 141 Å². The third kappa shape index (κ3) is 2.55. The molecule has 3 atom stereocenters. The monoisotopic (exact) mass is 336 g/mol. The molecule has 6 nitrogen and oxygen atoms in total. The molecule has 1 aromatic heterocycles. The minimum atomic E-state index is -0.361. The lowest BCUT2D eigenvalue weighted by molar-refractivity contribution is -0.138. The zero-order valence-electron chi connectivity index (χ0n) is 14.3. The van der Waals surface area contributed by atoms with Gasteiger partial charge in [0.15, 0.2) is 0 Å². The number of amides is 2. The fraction of sp³-hybridized carbons (Fsp3) is 0.688. The van der Waals surface area contributed by atoms with Crippen LogP contribution < -0.4 is 5.32 Å². The van der Waals surface area contributed by atoms with Crippen LogP contribution in [0, 0.1) is 13.8 Å². The average Bonchev–Trinajstić information content (AvgIpc) is 3.04. The molecule has 3 heterocycles. The summed E-state index contributed by atoms with van der Waals surface area (Å²) in [6.07, 6.45) is 1.38. The minimum Gasteiger partial charge on any atom is -0.348 e. The van der Waals surface area contributed by atoms with Gasteiger partial charge in [-0.15, -0.1) is 11.8 Å². The van der Waals surface area contributed by atoms with Crippen LogP contribution in [0.25, 0.3) is 0 Å². The molecule has 1 aromatic rings. The second-order valence-electron chi connectivity index (χ2n) is 6.70. The summed E-state index contributed by atoms with van der Waals surface area (Å²) in [5.41, 5.74) is 3.04. The Kier molecular flexibility index (Phi) is 3.94.